The molecule has 0 atom stereocenters. The molecule has 0 radical (unpaired) electrons. The van der Waals surface area contributed by atoms with E-state index in [-0.39, 0.29) is 0 Å². The van der Waals surface area contributed by atoms with Gasteiger partial charge in [-0.3, -0.25) is 0 Å². The number of aliphatic imine (C=N–C) groups is 1. The molecule has 0 fully saturated rings. The molecule has 16 heavy (non-hydrogen) atoms. The van der Waals surface area contributed by atoms with Crippen LogP contribution in [0.15, 0.2) is 27.7 Å². The minimum atomic E-state index is 0.408. The largest absolute Gasteiger partial charge is 0.235 e. The Morgan fingerprint density at radius 2 is 2.06 bits per heavy atom. The van der Waals surface area contributed by atoms with Crippen LogP contribution in [0, 0.1) is 0 Å². The standard InChI is InChI=1S/C13H16BrNO/c1-3-11(4-2)12-6-5-10(7-13(12)14)8-15-9-16/h5-7,11H,3-4,8H2,1-2H3. The lowest BCUT2D eigenvalue weighted by Gasteiger charge is -2.15. The summed E-state index contributed by atoms with van der Waals surface area (Å²) < 4.78 is 1.11. The van der Waals surface area contributed by atoms with Crippen molar-refractivity contribution in [1.29, 1.82) is 0 Å². The Hall–Kier alpha value is -0.920. The molecule has 0 spiro atoms. The van der Waals surface area contributed by atoms with Crippen LogP contribution >= 0.6 is 15.9 Å². The first-order valence-electron chi connectivity index (χ1n) is 5.54. The summed E-state index contributed by atoms with van der Waals surface area (Å²) in [5, 5.41) is 0. The summed E-state index contributed by atoms with van der Waals surface area (Å²) in [4.78, 5) is 13.6. The first-order chi connectivity index (χ1) is 7.72. The van der Waals surface area contributed by atoms with Gasteiger partial charge in [0.15, 0.2) is 0 Å². The number of hydrogen-bond donors (Lipinski definition) is 0. The van der Waals surface area contributed by atoms with E-state index in [0.717, 1.165) is 22.9 Å². The minimum Gasteiger partial charge on any atom is -0.211 e. The lowest BCUT2D eigenvalue weighted by Crippen LogP contribution is -1.97. The summed E-state index contributed by atoms with van der Waals surface area (Å²) in [5.41, 5.74) is 2.37. The second kappa shape index (κ2) is 6.62. The first kappa shape index (κ1) is 13.1. The normalized spacial score (nSPS) is 10.2. The summed E-state index contributed by atoms with van der Waals surface area (Å²) in [6.45, 7) is 4.81. The molecule has 0 heterocycles. The summed E-state index contributed by atoms with van der Waals surface area (Å²) >= 11 is 3.58. The molecule has 0 N–H and O–H groups in total. The van der Waals surface area contributed by atoms with Crippen molar-refractivity contribution in [2.75, 3.05) is 0 Å². The van der Waals surface area contributed by atoms with Gasteiger partial charge in [-0.15, -0.1) is 0 Å². The highest BCUT2D eigenvalue weighted by Gasteiger charge is 2.10. The van der Waals surface area contributed by atoms with Gasteiger partial charge in [-0.2, -0.15) is 0 Å². The Balaban J connectivity index is 2.94. The molecule has 0 aliphatic rings. The van der Waals surface area contributed by atoms with Gasteiger partial charge < -0.3 is 0 Å². The predicted octanol–water partition coefficient (Wildman–Crippen LogP) is 4.19. The highest BCUT2D eigenvalue weighted by molar-refractivity contribution is 9.10. The van der Waals surface area contributed by atoms with Crippen LogP contribution in [0.4, 0.5) is 0 Å². The lowest BCUT2D eigenvalue weighted by molar-refractivity contribution is 0.563. The van der Waals surface area contributed by atoms with Crippen LogP contribution in [0.3, 0.4) is 0 Å². The van der Waals surface area contributed by atoms with Crippen molar-refractivity contribution in [2.45, 2.75) is 39.2 Å². The molecule has 1 aromatic carbocycles. The Bertz CT molecular complexity index is 393. The van der Waals surface area contributed by atoms with Crippen LogP contribution in [-0.4, -0.2) is 6.08 Å². The monoisotopic (exact) mass is 281 g/mol. The Labute approximate surface area is 105 Å². The Morgan fingerprint density at radius 3 is 2.56 bits per heavy atom. The molecular weight excluding hydrogens is 266 g/mol. The minimum absolute atomic E-state index is 0.408. The maximum atomic E-state index is 10.0. The van der Waals surface area contributed by atoms with Gasteiger partial charge in [0.05, 0.1) is 6.54 Å². The highest BCUT2D eigenvalue weighted by atomic mass is 79.9. The smallest absolute Gasteiger partial charge is 0.211 e. The summed E-state index contributed by atoms with van der Waals surface area (Å²) in [5.74, 6) is 0.595. The van der Waals surface area contributed by atoms with Crippen LogP contribution < -0.4 is 0 Å². The van der Waals surface area contributed by atoms with Gasteiger partial charge in [-0.05, 0) is 36.0 Å². The summed E-state index contributed by atoms with van der Waals surface area (Å²) in [6.07, 6.45) is 3.83. The van der Waals surface area contributed by atoms with Crippen LogP contribution in [0.2, 0.25) is 0 Å². The quantitative estimate of drug-likeness (QED) is 0.588. The molecule has 0 saturated heterocycles. The zero-order valence-electron chi connectivity index (χ0n) is 9.66. The molecule has 0 aliphatic carbocycles. The molecule has 86 valence electrons. The number of hydrogen-bond acceptors (Lipinski definition) is 2. The zero-order chi connectivity index (χ0) is 12.0. The van der Waals surface area contributed by atoms with Crippen molar-refractivity contribution in [2.24, 2.45) is 4.99 Å². The van der Waals surface area contributed by atoms with Crippen molar-refractivity contribution >= 4 is 22.0 Å². The molecule has 0 saturated carbocycles. The van der Waals surface area contributed by atoms with Crippen LogP contribution in [0.5, 0.6) is 0 Å². The van der Waals surface area contributed by atoms with Gasteiger partial charge in [0.2, 0.25) is 6.08 Å². The predicted molar refractivity (Wildman–Crippen MR) is 69.3 cm³/mol. The SMILES string of the molecule is CCC(CC)c1ccc(CN=C=O)cc1Br. The topological polar surface area (TPSA) is 29.4 Å². The molecule has 3 heteroatoms. The van der Waals surface area contributed by atoms with Crippen LogP contribution in [0.1, 0.15) is 43.7 Å². The highest BCUT2D eigenvalue weighted by Crippen LogP contribution is 2.30. The number of halogens is 1. The molecule has 1 rings (SSSR count). The molecule has 0 amide bonds. The van der Waals surface area contributed by atoms with Gasteiger partial charge in [0, 0.05) is 4.47 Å². The zero-order valence-corrected chi connectivity index (χ0v) is 11.3. The molecule has 1 aromatic rings. The fourth-order valence-electron chi connectivity index (χ4n) is 1.85. The molecule has 0 unspecified atom stereocenters. The van der Waals surface area contributed by atoms with Crippen molar-refractivity contribution in [3.8, 4) is 0 Å². The van der Waals surface area contributed by atoms with E-state index in [9.17, 15) is 4.79 Å². The number of nitrogens with zero attached hydrogens (tertiary/aromatic N) is 1. The van der Waals surface area contributed by atoms with Crippen molar-refractivity contribution in [3.63, 3.8) is 0 Å². The maximum absolute atomic E-state index is 10.0. The Morgan fingerprint density at radius 1 is 1.38 bits per heavy atom. The van der Waals surface area contributed by atoms with E-state index in [1.165, 1.54) is 5.56 Å². The van der Waals surface area contributed by atoms with Crippen LogP contribution in [-0.2, 0) is 11.3 Å². The molecular formula is C13H16BrNO. The fourth-order valence-corrected chi connectivity index (χ4v) is 2.60. The van der Waals surface area contributed by atoms with Crippen molar-refractivity contribution in [1.82, 2.24) is 0 Å². The summed E-state index contributed by atoms with van der Waals surface area (Å²) in [6, 6.07) is 6.19. The van der Waals surface area contributed by atoms with E-state index < -0.39 is 0 Å². The molecule has 2 nitrogen and oxygen atoms in total. The van der Waals surface area contributed by atoms with Gasteiger partial charge in [0.1, 0.15) is 0 Å². The van der Waals surface area contributed by atoms with E-state index in [1.54, 1.807) is 6.08 Å². The van der Waals surface area contributed by atoms with E-state index in [4.69, 9.17) is 0 Å². The molecule has 0 bridgehead atoms. The number of carbonyl (C=O) groups excluding carboxylic acids is 1. The average Bonchev–Trinajstić information content (AvgIpc) is 2.30. The lowest BCUT2D eigenvalue weighted by atomic mass is 9.93. The van der Waals surface area contributed by atoms with Crippen molar-refractivity contribution < 1.29 is 4.79 Å². The van der Waals surface area contributed by atoms with E-state index in [2.05, 4.69) is 40.8 Å². The average molecular weight is 282 g/mol. The Kier molecular flexibility index (Phi) is 5.44. The number of isocyanates is 1. The van der Waals surface area contributed by atoms with Crippen molar-refractivity contribution in [3.05, 3.63) is 33.8 Å². The summed E-state index contributed by atoms with van der Waals surface area (Å²) in [7, 11) is 0. The number of rotatable bonds is 5. The number of benzene rings is 1. The van der Waals surface area contributed by atoms with Gasteiger partial charge in [-0.1, -0.05) is 41.9 Å². The third-order valence-electron chi connectivity index (χ3n) is 2.82. The fraction of sp³-hybridized carbons (Fsp3) is 0.462. The first-order valence-corrected chi connectivity index (χ1v) is 6.34. The van der Waals surface area contributed by atoms with Gasteiger partial charge >= 0.3 is 0 Å². The third kappa shape index (κ3) is 3.29. The maximum Gasteiger partial charge on any atom is 0.235 e. The van der Waals surface area contributed by atoms with E-state index in [1.807, 2.05) is 12.1 Å². The molecule has 0 aliphatic heterocycles. The third-order valence-corrected chi connectivity index (χ3v) is 3.50. The van der Waals surface area contributed by atoms with Gasteiger partial charge in [0.25, 0.3) is 0 Å². The molecule has 0 aromatic heterocycles. The second-order valence-electron chi connectivity index (χ2n) is 3.78. The van der Waals surface area contributed by atoms with E-state index >= 15 is 0 Å². The van der Waals surface area contributed by atoms with Gasteiger partial charge in [-0.25, -0.2) is 9.79 Å². The second-order valence-corrected chi connectivity index (χ2v) is 4.63. The van der Waals surface area contributed by atoms with Crippen LogP contribution in [0.25, 0.3) is 0 Å². The van der Waals surface area contributed by atoms with E-state index in [0.29, 0.717) is 12.5 Å².